The van der Waals surface area contributed by atoms with E-state index >= 15 is 0 Å². The summed E-state index contributed by atoms with van der Waals surface area (Å²) in [5, 5.41) is 0.958. The van der Waals surface area contributed by atoms with Gasteiger partial charge in [-0.3, -0.25) is 0 Å². The molecule has 4 heterocycles. The van der Waals surface area contributed by atoms with Crippen LogP contribution < -0.4 is 13.9 Å². The number of benzene rings is 4. The fraction of sp³-hybridized carbons (Fsp3) is 0.205. The SMILES string of the molecule is [2H]c1c([2H])c(C([2H])([2H])[2H])c([2H])c([2H])c1[N+]1=C=[N+](c2[c-]c(Oc3[c-]c4c(nc3)c3ccccc3n4-c3cc(C(C)(C)C)ccn3)cc(C(C)(C)C)c2)c2ccccc21.[Pt+2]. The van der Waals surface area contributed by atoms with Gasteiger partial charge in [-0.1, -0.05) is 106 Å². The molecule has 7 aromatic rings. The van der Waals surface area contributed by atoms with Gasteiger partial charge in [-0.2, -0.15) is 0 Å². The van der Waals surface area contributed by atoms with Crippen molar-refractivity contribution in [3.05, 3.63) is 138 Å². The zero-order valence-corrected chi connectivity index (χ0v) is 31.3. The molecule has 1 aliphatic heterocycles. The van der Waals surface area contributed by atoms with Gasteiger partial charge in [-0.15, -0.1) is 17.7 Å². The first-order valence-electron chi connectivity index (χ1n) is 19.9. The average molecular weight is 856 g/mol. The van der Waals surface area contributed by atoms with Gasteiger partial charge in [0.2, 0.25) is 5.69 Å². The topological polar surface area (TPSA) is 46.0 Å². The Labute approximate surface area is 323 Å². The summed E-state index contributed by atoms with van der Waals surface area (Å²) in [6, 6.07) is 31.2. The summed E-state index contributed by atoms with van der Waals surface area (Å²) in [6.07, 6.45) is 3.47. The summed E-state index contributed by atoms with van der Waals surface area (Å²) in [4.78, 5) is 9.64. The molecule has 7 heteroatoms. The second-order valence-corrected chi connectivity index (χ2v) is 14.4. The van der Waals surface area contributed by atoms with E-state index < -0.39 is 36.6 Å². The van der Waals surface area contributed by atoms with Gasteiger partial charge in [-0.25, -0.2) is 4.98 Å². The summed E-state index contributed by atoms with van der Waals surface area (Å²) < 4.78 is 70.1. The van der Waals surface area contributed by atoms with E-state index in [4.69, 9.17) is 24.3 Å². The van der Waals surface area contributed by atoms with Crippen molar-refractivity contribution in [3.63, 3.8) is 0 Å². The maximum atomic E-state index is 8.82. The van der Waals surface area contributed by atoms with Crippen LogP contribution in [-0.4, -0.2) is 20.5 Å². The van der Waals surface area contributed by atoms with E-state index in [2.05, 4.69) is 70.3 Å². The number of hydrogen-bond acceptors (Lipinski definition) is 3. The minimum Gasteiger partial charge on any atom is -0.507 e. The van der Waals surface area contributed by atoms with Gasteiger partial charge >= 0.3 is 27.1 Å². The largest absolute Gasteiger partial charge is 2.00 e. The quantitative estimate of drug-likeness (QED) is 0.128. The number of para-hydroxylation sites is 3. The Morgan fingerprint density at radius 2 is 1.49 bits per heavy atom. The molecule has 6 nitrogen and oxygen atoms in total. The van der Waals surface area contributed by atoms with Crippen LogP contribution in [0.3, 0.4) is 0 Å². The summed E-state index contributed by atoms with van der Waals surface area (Å²) in [5.74, 6) is 1.49. The van der Waals surface area contributed by atoms with Gasteiger partial charge in [0.15, 0.2) is 0 Å². The molecule has 0 atom stereocenters. The van der Waals surface area contributed by atoms with Gasteiger partial charge in [0.05, 0.1) is 5.48 Å². The van der Waals surface area contributed by atoms with Crippen molar-refractivity contribution in [2.75, 3.05) is 0 Å². The monoisotopic (exact) mass is 855 g/mol. The number of hydrogen-bond donors (Lipinski definition) is 0. The fourth-order valence-electron chi connectivity index (χ4n) is 6.12. The Bertz CT molecular complexity index is 2850. The molecule has 0 N–H and O–H groups in total. The number of nitrogens with zero attached hydrogens (tertiary/aromatic N) is 5. The number of ether oxygens (including phenoxy) is 1. The number of aromatic nitrogens is 3. The summed E-state index contributed by atoms with van der Waals surface area (Å²) in [7, 11) is 0. The third-order valence-electron chi connectivity index (χ3n) is 8.80. The summed E-state index contributed by atoms with van der Waals surface area (Å²) in [5.41, 5.74) is 4.97. The molecule has 4 aromatic carbocycles. The standard InChI is InChI=1S/C44H39N5O.Pt/c1-29-16-18-32(19-17-29)47-28-48(39-15-11-10-14-38(39)47)33-22-31(44(5,6)7)23-34(25-33)50-35-26-40-42(46-27-35)36-12-8-9-13-37(36)49(40)41-24-30(20-21-45-41)43(2,3)4;/h8-24,27H,1-7H3;/q;+2/i1D3,16D,17D,18D,19D;. The molecule has 1 aliphatic rings. The predicted octanol–water partition coefficient (Wildman–Crippen LogP) is 10.7. The van der Waals surface area contributed by atoms with Gasteiger partial charge in [-0.05, 0) is 68.6 Å². The second-order valence-electron chi connectivity index (χ2n) is 14.4. The van der Waals surface area contributed by atoms with E-state index in [0.29, 0.717) is 34.1 Å². The first-order valence-corrected chi connectivity index (χ1v) is 16.4. The van der Waals surface area contributed by atoms with Gasteiger partial charge < -0.3 is 14.3 Å². The number of rotatable bonds is 5. The van der Waals surface area contributed by atoms with Crippen molar-refractivity contribution in [2.45, 2.75) is 59.2 Å². The van der Waals surface area contributed by atoms with Crippen molar-refractivity contribution in [3.8, 4) is 17.3 Å². The van der Waals surface area contributed by atoms with Crippen LogP contribution in [0, 0.1) is 19.0 Å². The minimum absolute atomic E-state index is 0. The van der Waals surface area contributed by atoms with Crippen LogP contribution in [0.4, 0.5) is 22.7 Å². The van der Waals surface area contributed by atoms with Crippen LogP contribution >= 0.6 is 0 Å². The Morgan fingerprint density at radius 3 is 2.22 bits per heavy atom. The molecular weight excluding hydrogens is 810 g/mol. The van der Waals surface area contributed by atoms with E-state index in [0.717, 1.165) is 33.4 Å². The maximum Gasteiger partial charge on any atom is 2.00 e. The first-order chi connectivity index (χ1) is 26.8. The Hall–Kier alpha value is -5.15. The van der Waals surface area contributed by atoms with Crippen LogP contribution in [0.25, 0.3) is 27.8 Å². The normalized spacial score (nSPS) is 15.0. The van der Waals surface area contributed by atoms with E-state index in [1.54, 1.807) is 22.9 Å². The van der Waals surface area contributed by atoms with Crippen molar-refractivity contribution < 1.29 is 35.4 Å². The molecule has 0 unspecified atom stereocenters. The van der Waals surface area contributed by atoms with Gasteiger partial charge in [0.25, 0.3) is 11.4 Å². The van der Waals surface area contributed by atoms with E-state index in [1.165, 1.54) is 4.58 Å². The molecule has 0 saturated heterocycles. The first kappa shape index (κ1) is 26.6. The zero-order chi connectivity index (χ0) is 40.8. The molecular formula is C44H39N5OPt+2. The second kappa shape index (κ2) is 12.9. The van der Waals surface area contributed by atoms with Crippen molar-refractivity contribution in [1.82, 2.24) is 23.7 Å². The number of pyridine rings is 2. The molecule has 0 spiro atoms. The molecule has 254 valence electrons. The molecule has 0 fully saturated rings. The van der Waals surface area contributed by atoms with Crippen molar-refractivity contribution >= 4 is 50.7 Å². The van der Waals surface area contributed by atoms with Gasteiger partial charge in [0, 0.05) is 51.5 Å². The van der Waals surface area contributed by atoms with E-state index in [9.17, 15) is 0 Å². The minimum atomic E-state index is -2.83. The summed E-state index contributed by atoms with van der Waals surface area (Å²) in [6.45, 7) is 9.93. The molecule has 51 heavy (non-hydrogen) atoms. The third kappa shape index (κ3) is 6.35. The van der Waals surface area contributed by atoms with Crippen molar-refractivity contribution in [1.29, 1.82) is 0 Å². The maximum absolute atomic E-state index is 8.82. The van der Waals surface area contributed by atoms with Crippen molar-refractivity contribution in [2.24, 2.45) is 0 Å². The molecule has 3 aromatic heterocycles. The third-order valence-corrected chi connectivity index (χ3v) is 8.80. The Kier molecular flexibility index (Phi) is 6.72. The fourth-order valence-corrected chi connectivity index (χ4v) is 6.12. The van der Waals surface area contributed by atoms with Crippen LogP contribution in [0.5, 0.6) is 11.5 Å². The zero-order valence-electron chi connectivity index (χ0n) is 36.0. The van der Waals surface area contributed by atoms with E-state index in [1.807, 2.05) is 60.8 Å². The van der Waals surface area contributed by atoms with Crippen LogP contribution in [0.15, 0.2) is 109 Å². The predicted molar refractivity (Wildman–Crippen MR) is 203 cm³/mol. The molecule has 0 amide bonds. The average Bonchev–Trinajstić information content (AvgIpc) is 3.69. The van der Waals surface area contributed by atoms with Crippen LogP contribution in [-0.2, 0) is 31.9 Å². The Morgan fingerprint density at radius 1 is 0.784 bits per heavy atom. The number of fused-ring (bicyclic) bond motifs is 4. The van der Waals surface area contributed by atoms with Gasteiger partial charge in [0.1, 0.15) is 11.5 Å². The molecule has 0 saturated carbocycles. The molecule has 0 radical (unpaired) electrons. The van der Waals surface area contributed by atoms with Crippen LogP contribution in [0.1, 0.15) is 67.8 Å². The van der Waals surface area contributed by atoms with Crippen LogP contribution in [0.2, 0.25) is 0 Å². The smallest absolute Gasteiger partial charge is 0.507 e. The Balaban J connectivity index is 0.00000512. The molecule has 0 aliphatic carbocycles. The molecule has 0 bridgehead atoms. The molecule has 8 rings (SSSR count). The summed E-state index contributed by atoms with van der Waals surface area (Å²) >= 11 is 0. The van der Waals surface area contributed by atoms with E-state index in [-0.39, 0.29) is 37.6 Å².